The van der Waals surface area contributed by atoms with Crippen LogP contribution in [0.4, 0.5) is 5.69 Å². The van der Waals surface area contributed by atoms with E-state index in [2.05, 4.69) is 10.1 Å². The third kappa shape index (κ3) is 2.71. The topological polar surface area (TPSA) is 83.4 Å². The minimum Gasteiger partial charge on any atom is -0.497 e. The van der Waals surface area contributed by atoms with Gasteiger partial charge in [0, 0.05) is 22.9 Å². The van der Waals surface area contributed by atoms with E-state index in [1.54, 1.807) is 32.4 Å². The van der Waals surface area contributed by atoms with Crippen LogP contribution in [0, 0.1) is 0 Å². The maximum atomic E-state index is 5.67. The van der Waals surface area contributed by atoms with E-state index < -0.39 is 0 Å². The van der Waals surface area contributed by atoms with Crippen LogP contribution in [0.15, 0.2) is 47.0 Å². The molecule has 3 aromatic rings. The molecule has 0 radical (unpaired) electrons. The van der Waals surface area contributed by atoms with Gasteiger partial charge in [0.1, 0.15) is 11.5 Å². The molecule has 0 amide bonds. The Labute approximate surface area is 127 Å². The Hall–Kier alpha value is -3.02. The molecule has 0 spiro atoms. The predicted molar refractivity (Wildman–Crippen MR) is 82.7 cm³/mol. The van der Waals surface area contributed by atoms with Gasteiger partial charge >= 0.3 is 0 Å². The van der Waals surface area contributed by atoms with Gasteiger partial charge in [0.25, 0.3) is 5.89 Å². The van der Waals surface area contributed by atoms with E-state index in [9.17, 15) is 0 Å². The van der Waals surface area contributed by atoms with E-state index in [-0.39, 0.29) is 0 Å². The number of hydrogen-bond acceptors (Lipinski definition) is 6. The quantitative estimate of drug-likeness (QED) is 0.745. The molecule has 2 N–H and O–H groups in total. The monoisotopic (exact) mass is 297 g/mol. The molecular weight excluding hydrogens is 282 g/mol. The molecule has 0 unspecified atom stereocenters. The number of hydrogen-bond donors (Lipinski definition) is 1. The van der Waals surface area contributed by atoms with Crippen molar-refractivity contribution >= 4 is 5.69 Å². The summed E-state index contributed by atoms with van der Waals surface area (Å²) < 4.78 is 15.8. The number of nitrogens with two attached hydrogens (primary N) is 1. The molecule has 0 fully saturated rings. The van der Waals surface area contributed by atoms with Crippen LogP contribution in [0.1, 0.15) is 0 Å². The zero-order valence-electron chi connectivity index (χ0n) is 12.2. The highest BCUT2D eigenvalue weighted by Crippen LogP contribution is 2.30. The van der Waals surface area contributed by atoms with Crippen molar-refractivity contribution in [1.29, 1.82) is 0 Å². The summed E-state index contributed by atoms with van der Waals surface area (Å²) in [6.07, 6.45) is 0. The summed E-state index contributed by atoms with van der Waals surface area (Å²) in [5.41, 5.74) is 7.92. The van der Waals surface area contributed by atoms with Crippen LogP contribution in [0.3, 0.4) is 0 Å². The van der Waals surface area contributed by atoms with Crippen molar-refractivity contribution in [3.8, 4) is 34.3 Å². The average molecular weight is 297 g/mol. The normalized spacial score (nSPS) is 10.5. The van der Waals surface area contributed by atoms with Crippen LogP contribution in [-0.4, -0.2) is 24.4 Å². The Morgan fingerprint density at radius 1 is 0.909 bits per heavy atom. The second kappa shape index (κ2) is 5.77. The van der Waals surface area contributed by atoms with Gasteiger partial charge in [-0.2, -0.15) is 4.98 Å². The molecule has 0 aliphatic carbocycles. The van der Waals surface area contributed by atoms with Gasteiger partial charge < -0.3 is 19.7 Å². The third-order valence-corrected chi connectivity index (χ3v) is 3.19. The van der Waals surface area contributed by atoms with Crippen molar-refractivity contribution in [2.45, 2.75) is 0 Å². The summed E-state index contributed by atoms with van der Waals surface area (Å²) in [6, 6.07) is 12.7. The number of benzene rings is 2. The summed E-state index contributed by atoms with van der Waals surface area (Å²) in [5.74, 6) is 2.20. The van der Waals surface area contributed by atoms with Crippen LogP contribution < -0.4 is 15.2 Å². The Bertz CT molecular complexity index is 759. The molecule has 112 valence electrons. The van der Waals surface area contributed by atoms with Crippen molar-refractivity contribution < 1.29 is 14.0 Å². The molecule has 0 aliphatic heterocycles. The van der Waals surface area contributed by atoms with Crippen molar-refractivity contribution in [2.75, 3.05) is 20.0 Å². The zero-order chi connectivity index (χ0) is 15.5. The molecule has 0 aliphatic rings. The molecule has 1 aromatic heterocycles. The molecule has 0 bridgehead atoms. The first-order valence-electron chi connectivity index (χ1n) is 6.62. The Morgan fingerprint density at radius 3 is 2.14 bits per heavy atom. The number of nitrogen functional groups attached to an aromatic ring is 1. The molecule has 22 heavy (non-hydrogen) atoms. The molecule has 0 atom stereocenters. The van der Waals surface area contributed by atoms with Crippen LogP contribution in [-0.2, 0) is 0 Å². The lowest BCUT2D eigenvalue weighted by molar-refractivity contribution is 0.393. The van der Waals surface area contributed by atoms with Gasteiger partial charge in [0.15, 0.2) is 0 Å². The lowest BCUT2D eigenvalue weighted by Gasteiger charge is -2.05. The van der Waals surface area contributed by atoms with E-state index in [0.717, 1.165) is 11.1 Å². The molecule has 0 saturated heterocycles. The summed E-state index contributed by atoms with van der Waals surface area (Å²) in [7, 11) is 3.18. The number of ether oxygens (including phenoxy) is 2. The van der Waals surface area contributed by atoms with E-state index in [0.29, 0.717) is 28.9 Å². The molecule has 3 rings (SSSR count). The Morgan fingerprint density at radius 2 is 1.55 bits per heavy atom. The molecule has 6 nitrogen and oxygen atoms in total. The lowest BCUT2D eigenvalue weighted by atomic mass is 10.2. The summed E-state index contributed by atoms with van der Waals surface area (Å²) in [6.45, 7) is 0. The second-order valence-corrected chi connectivity index (χ2v) is 4.65. The fraction of sp³-hybridized carbons (Fsp3) is 0.125. The van der Waals surface area contributed by atoms with Gasteiger partial charge in [-0.15, -0.1) is 0 Å². The Balaban J connectivity index is 1.98. The van der Waals surface area contributed by atoms with Gasteiger partial charge in [-0.3, -0.25) is 0 Å². The van der Waals surface area contributed by atoms with Crippen molar-refractivity contribution in [2.24, 2.45) is 0 Å². The molecular formula is C16H15N3O3. The van der Waals surface area contributed by atoms with Crippen LogP contribution in [0.2, 0.25) is 0 Å². The number of nitrogens with zero attached hydrogens (tertiary/aromatic N) is 2. The minimum atomic E-state index is 0.393. The number of methoxy groups -OCH3 is 2. The highest BCUT2D eigenvalue weighted by Gasteiger charge is 2.13. The van der Waals surface area contributed by atoms with Crippen molar-refractivity contribution in [1.82, 2.24) is 10.1 Å². The van der Waals surface area contributed by atoms with Crippen molar-refractivity contribution in [3.05, 3.63) is 42.5 Å². The SMILES string of the molecule is COc1cc(OC)cc(-c2nc(-c3ccc(N)cc3)no2)c1. The van der Waals surface area contributed by atoms with Gasteiger partial charge in [0.05, 0.1) is 14.2 Å². The van der Waals surface area contributed by atoms with E-state index in [1.165, 1.54) is 0 Å². The van der Waals surface area contributed by atoms with E-state index in [4.69, 9.17) is 19.7 Å². The van der Waals surface area contributed by atoms with E-state index >= 15 is 0 Å². The Kier molecular flexibility index (Phi) is 3.65. The maximum Gasteiger partial charge on any atom is 0.258 e. The standard InChI is InChI=1S/C16H15N3O3/c1-20-13-7-11(8-14(9-13)21-2)16-18-15(19-22-16)10-3-5-12(17)6-4-10/h3-9H,17H2,1-2H3. The number of aromatic nitrogens is 2. The maximum absolute atomic E-state index is 5.67. The summed E-state index contributed by atoms with van der Waals surface area (Å²) in [4.78, 5) is 4.40. The average Bonchev–Trinajstić information content (AvgIpc) is 3.05. The van der Waals surface area contributed by atoms with Crippen LogP contribution in [0.5, 0.6) is 11.5 Å². The van der Waals surface area contributed by atoms with Gasteiger partial charge in [-0.05, 0) is 36.4 Å². The van der Waals surface area contributed by atoms with Crippen molar-refractivity contribution in [3.63, 3.8) is 0 Å². The number of rotatable bonds is 4. The van der Waals surface area contributed by atoms with E-state index in [1.807, 2.05) is 24.3 Å². The first-order chi connectivity index (χ1) is 10.7. The lowest BCUT2D eigenvalue weighted by Crippen LogP contribution is -1.89. The fourth-order valence-corrected chi connectivity index (χ4v) is 2.02. The molecule has 2 aromatic carbocycles. The second-order valence-electron chi connectivity index (χ2n) is 4.65. The predicted octanol–water partition coefficient (Wildman–Crippen LogP) is 3.00. The largest absolute Gasteiger partial charge is 0.497 e. The minimum absolute atomic E-state index is 0.393. The molecule has 1 heterocycles. The summed E-state index contributed by atoms with van der Waals surface area (Å²) >= 11 is 0. The first-order valence-corrected chi connectivity index (χ1v) is 6.62. The molecule has 0 saturated carbocycles. The fourth-order valence-electron chi connectivity index (χ4n) is 2.02. The highest BCUT2D eigenvalue weighted by atomic mass is 16.5. The molecule has 6 heteroatoms. The summed E-state index contributed by atoms with van der Waals surface area (Å²) in [5, 5.41) is 3.99. The van der Waals surface area contributed by atoms with Crippen LogP contribution >= 0.6 is 0 Å². The van der Waals surface area contributed by atoms with Crippen LogP contribution in [0.25, 0.3) is 22.8 Å². The third-order valence-electron chi connectivity index (χ3n) is 3.19. The van der Waals surface area contributed by atoms with Gasteiger partial charge in [-0.1, -0.05) is 5.16 Å². The number of anilines is 1. The highest BCUT2D eigenvalue weighted by molar-refractivity contribution is 5.63. The van der Waals surface area contributed by atoms with Gasteiger partial charge in [-0.25, -0.2) is 0 Å². The smallest absolute Gasteiger partial charge is 0.258 e. The first kappa shape index (κ1) is 13.9. The van der Waals surface area contributed by atoms with Gasteiger partial charge in [0.2, 0.25) is 5.82 Å². The zero-order valence-corrected chi connectivity index (χ0v) is 12.2.